The van der Waals surface area contributed by atoms with Crippen molar-refractivity contribution < 1.29 is 17.9 Å². The van der Waals surface area contributed by atoms with Crippen LogP contribution >= 0.6 is 11.8 Å². The van der Waals surface area contributed by atoms with E-state index in [0.29, 0.717) is 23.8 Å². The Hall–Kier alpha value is -1.64. The predicted molar refractivity (Wildman–Crippen MR) is 98.7 cm³/mol. The van der Waals surface area contributed by atoms with Gasteiger partial charge in [0.05, 0.1) is 6.54 Å². The summed E-state index contributed by atoms with van der Waals surface area (Å²) in [5.74, 6) is 0.667. The van der Waals surface area contributed by atoms with E-state index in [1.807, 2.05) is 18.7 Å². The lowest BCUT2D eigenvalue weighted by molar-refractivity contribution is -0.154. The summed E-state index contributed by atoms with van der Waals surface area (Å²) in [6, 6.07) is 3.60. The number of guanidine groups is 1. The molecule has 0 amide bonds. The second-order valence-electron chi connectivity index (χ2n) is 6.11. The summed E-state index contributed by atoms with van der Waals surface area (Å²) in [5, 5.41) is 7.33. The number of thioether (sulfide) groups is 1. The first-order chi connectivity index (χ1) is 12.4. The third-order valence-electron chi connectivity index (χ3n) is 4.01. The molecule has 1 fully saturated rings. The standard InChI is InChI=1S/C17H25F3N4OS/c1-3-21-16(24-13-4-5-14(9-13)26-2)23-10-12-6-7-22-15(8-12)25-11-17(18,19)20/h6-8,13-14H,3-5,9-11H2,1-2H3,(H2,21,23,24). The summed E-state index contributed by atoms with van der Waals surface area (Å²) in [6.07, 6.45) is 2.60. The minimum absolute atomic E-state index is 0.0495. The van der Waals surface area contributed by atoms with Crippen molar-refractivity contribution in [3.05, 3.63) is 23.9 Å². The lowest BCUT2D eigenvalue weighted by Gasteiger charge is -2.17. The van der Waals surface area contributed by atoms with Gasteiger partial charge in [-0.1, -0.05) is 0 Å². The molecule has 0 aromatic carbocycles. The third-order valence-corrected chi connectivity index (χ3v) is 5.10. The molecule has 9 heteroatoms. The van der Waals surface area contributed by atoms with Crippen molar-refractivity contribution in [2.75, 3.05) is 19.4 Å². The highest BCUT2D eigenvalue weighted by Crippen LogP contribution is 2.28. The molecular weight excluding hydrogens is 365 g/mol. The number of hydrogen-bond acceptors (Lipinski definition) is 4. The normalized spacial score (nSPS) is 20.9. The van der Waals surface area contributed by atoms with Crippen molar-refractivity contribution in [2.24, 2.45) is 4.99 Å². The number of halogens is 3. The van der Waals surface area contributed by atoms with Gasteiger partial charge in [0.25, 0.3) is 0 Å². The summed E-state index contributed by atoms with van der Waals surface area (Å²) in [5.41, 5.74) is 0.739. The highest BCUT2D eigenvalue weighted by molar-refractivity contribution is 7.99. The number of aliphatic imine (C=N–C) groups is 1. The van der Waals surface area contributed by atoms with Crippen LogP contribution in [0.3, 0.4) is 0 Å². The number of pyridine rings is 1. The Balaban J connectivity index is 1.93. The molecule has 0 bridgehead atoms. The van der Waals surface area contributed by atoms with Crippen molar-refractivity contribution in [3.63, 3.8) is 0 Å². The van der Waals surface area contributed by atoms with Crippen LogP contribution in [0, 0.1) is 0 Å². The lowest BCUT2D eigenvalue weighted by atomic mass is 10.2. The molecule has 2 N–H and O–H groups in total. The van der Waals surface area contributed by atoms with Crippen molar-refractivity contribution in [1.29, 1.82) is 0 Å². The summed E-state index contributed by atoms with van der Waals surface area (Å²) in [7, 11) is 0. The van der Waals surface area contributed by atoms with Gasteiger partial charge >= 0.3 is 6.18 Å². The number of nitrogens with one attached hydrogen (secondary N) is 2. The molecule has 2 rings (SSSR count). The lowest BCUT2D eigenvalue weighted by Crippen LogP contribution is -2.42. The molecule has 1 aliphatic rings. The van der Waals surface area contributed by atoms with Crippen LogP contribution in [-0.4, -0.2) is 47.8 Å². The molecule has 0 aliphatic heterocycles. The molecule has 2 unspecified atom stereocenters. The van der Waals surface area contributed by atoms with Gasteiger partial charge in [0.1, 0.15) is 0 Å². The summed E-state index contributed by atoms with van der Waals surface area (Å²) >= 11 is 1.89. The zero-order valence-electron chi connectivity index (χ0n) is 15.0. The smallest absolute Gasteiger partial charge is 0.422 e. The van der Waals surface area contributed by atoms with Gasteiger partial charge in [0.2, 0.25) is 5.88 Å². The molecular formula is C17H25F3N4OS. The first-order valence-electron chi connectivity index (χ1n) is 8.61. The largest absolute Gasteiger partial charge is 0.468 e. The van der Waals surface area contributed by atoms with Crippen LogP contribution in [0.5, 0.6) is 5.88 Å². The highest BCUT2D eigenvalue weighted by atomic mass is 32.2. The molecule has 0 radical (unpaired) electrons. The summed E-state index contributed by atoms with van der Waals surface area (Å²) in [6.45, 7) is 1.71. The maximum atomic E-state index is 12.2. The second-order valence-corrected chi connectivity index (χ2v) is 7.25. The van der Waals surface area contributed by atoms with E-state index in [2.05, 4.69) is 31.6 Å². The number of ether oxygens (including phenoxy) is 1. The molecule has 146 valence electrons. The molecule has 0 saturated heterocycles. The Morgan fingerprint density at radius 3 is 2.88 bits per heavy atom. The Bertz CT molecular complexity index is 598. The SMILES string of the molecule is CCNC(=NCc1ccnc(OCC(F)(F)F)c1)NC1CCC(SC)C1. The van der Waals surface area contributed by atoms with Crippen LogP contribution in [0.1, 0.15) is 31.7 Å². The van der Waals surface area contributed by atoms with Crippen LogP contribution in [0.25, 0.3) is 0 Å². The monoisotopic (exact) mass is 390 g/mol. The quantitative estimate of drug-likeness (QED) is 0.552. The van der Waals surface area contributed by atoms with E-state index < -0.39 is 12.8 Å². The fourth-order valence-electron chi connectivity index (χ4n) is 2.75. The van der Waals surface area contributed by atoms with Crippen LogP contribution in [0.15, 0.2) is 23.3 Å². The summed E-state index contributed by atoms with van der Waals surface area (Å²) < 4.78 is 41.4. The number of nitrogens with zero attached hydrogens (tertiary/aromatic N) is 2. The fraction of sp³-hybridized carbons (Fsp3) is 0.647. The van der Waals surface area contributed by atoms with Gasteiger partial charge in [-0.15, -0.1) is 0 Å². The minimum Gasteiger partial charge on any atom is -0.468 e. The van der Waals surface area contributed by atoms with Gasteiger partial charge in [0, 0.05) is 30.1 Å². The Kier molecular flexibility index (Phi) is 7.86. The molecule has 1 saturated carbocycles. The average Bonchev–Trinajstić information content (AvgIpc) is 3.05. The molecule has 1 aliphatic carbocycles. The fourth-order valence-corrected chi connectivity index (χ4v) is 3.55. The molecule has 2 atom stereocenters. The number of rotatable bonds is 7. The van der Waals surface area contributed by atoms with Gasteiger partial charge in [-0.25, -0.2) is 9.98 Å². The number of aromatic nitrogens is 1. The molecule has 0 spiro atoms. The van der Waals surface area contributed by atoms with Crippen LogP contribution in [0.4, 0.5) is 13.2 Å². The average molecular weight is 390 g/mol. The van der Waals surface area contributed by atoms with E-state index in [4.69, 9.17) is 0 Å². The molecule has 1 heterocycles. The Labute approximate surface area is 156 Å². The molecule has 1 aromatic heterocycles. The van der Waals surface area contributed by atoms with E-state index in [-0.39, 0.29) is 5.88 Å². The van der Waals surface area contributed by atoms with E-state index in [1.54, 1.807) is 6.07 Å². The van der Waals surface area contributed by atoms with Crippen LogP contribution < -0.4 is 15.4 Å². The van der Waals surface area contributed by atoms with E-state index in [9.17, 15) is 13.2 Å². The van der Waals surface area contributed by atoms with Crippen LogP contribution in [-0.2, 0) is 6.54 Å². The first-order valence-corrected chi connectivity index (χ1v) is 9.90. The Morgan fingerprint density at radius 1 is 1.42 bits per heavy atom. The highest BCUT2D eigenvalue weighted by Gasteiger charge is 2.28. The van der Waals surface area contributed by atoms with Crippen molar-refractivity contribution >= 4 is 17.7 Å². The van der Waals surface area contributed by atoms with Crippen LogP contribution in [0.2, 0.25) is 0 Å². The van der Waals surface area contributed by atoms with Gasteiger partial charge < -0.3 is 15.4 Å². The van der Waals surface area contributed by atoms with Gasteiger partial charge in [-0.2, -0.15) is 24.9 Å². The second kappa shape index (κ2) is 9.89. The predicted octanol–water partition coefficient (Wildman–Crippen LogP) is 3.36. The number of hydrogen-bond donors (Lipinski definition) is 2. The third kappa shape index (κ3) is 7.31. The topological polar surface area (TPSA) is 58.5 Å². The zero-order chi connectivity index (χ0) is 19.0. The first kappa shape index (κ1) is 20.7. The molecule has 26 heavy (non-hydrogen) atoms. The summed E-state index contributed by atoms with van der Waals surface area (Å²) in [4.78, 5) is 8.33. The maximum absolute atomic E-state index is 12.2. The number of alkyl halides is 3. The minimum atomic E-state index is -4.38. The Morgan fingerprint density at radius 2 is 2.23 bits per heavy atom. The zero-order valence-corrected chi connectivity index (χ0v) is 15.8. The van der Waals surface area contributed by atoms with E-state index in [1.165, 1.54) is 18.7 Å². The van der Waals surface area contributed by atoms with Gasteiger partial charge in [0.15, 0.2) is 12.6 Å². The van der Waals surface area contributed by atoms with Crippen molar-refractivity contribution in [2.45, 2.75) is 50.2 Å². The van der Waals surface area contributed by atoms with Gasteiger partial charge in [-0.3, -0.25) is 0 Å². The van der Waals surface area contributed by atoms with E-state index >= 15 is 0 Å². The molecule has 1 aromatic rings. The van der Waals surface area contributed by atoms with Crippen molar-refractivity contribution in [1.82, 2.24) is 15.6 Å². The van der Waals surface area contributed by atoms with E-state index in [0.717, 1.165) is 24.9 Å². The molecule has 5 nitrogen and oxygen atoms in total. The van der Waals surface area contributed by atoms with Crippen molar-refractivity contribution in [3.8, 4) is 5.88 Å². The van der Waals surface area contributed by atoms with Gasteiger partial charge in [-0.05, 0) is 44.1 Å². The maximum Gasteiger partial charge on any atom is 0.422 e.